The molecule has 0 saturated heterocycles. The van der Waals surface area contributed by atoms with Crippen LogP contribution < -0.4 is 11.1 Å². The lowest BCUT2D eigenvalue weighted by atomic mass is 10.1. The number of rotatable bonds is 8. The number of esters is 1. The van der Waals surface area contributed by atoms with Crippen molar-refractivity contribution in [2.75, 3.05) is 45.0 Å². The predicted molar refractivity (Wildman–Crippen MR) is 78.0 cm³/mol. The van der Waals surface area contributed by atoms with E-state index in [9.17, 15) is 4.79 Å². The van der Waals surface area contributed by atoms with Crippen LogP contribution in [0, 0.1) is 0 Å². The molecule has 0 aromatic heterocycles. The summed E-state index contributed by atoms with van der Waals surface area (Å²) in [5, 5.41) is 3.15. The summed E-state index contributed by atoms with van der Waals surface area (Å²) in [5.74, 6) is -0.422. The second-order valence-electron chi connectivity index (χ2n) is 4.18. The Hall–Kier alpha value is -1.79. The van der Waals surface area contributed by atoms with Crippen LogP contribution in [0.1, 0.15) is 17.3 Å². The molecule has 1 aromatic rings. The van der Waals surface area contributed by atoms with Crippen molar-refractivity contribution in [1.29, 1.82) is 0 Å². The number of carbonyl (C=O) groups is 1. The minimum atomic E-state index is -0.422. The maximum absolute atomic E-state index is 11.7. The fraction of sp³-hybridized carbons (Fsp3) is 0.500. The first kappa shape index (κ1) is 16.3. The molecule has 0 saturated carbocycles. The minimum absolute atomic E-state index is 0.0920. The number of carbonyl (C=O) groups excluding carboxylic acids is 1. The zero-order valence-corrected chi connectivity index (χ0v) is 12.1. The summed E-state index contributed by atoms with van der Waals surface area (Å²) in [4.78, 5) is 11.7. The normalized spacial score (nSPS) is 11.9. The van der Waals surface area contributed by atoms with Crippen molar-refractivity contribution in [2.45, 2.75) is 13.0 Å². The van der Waals surface area contributed by atoms with Crippen LogP contribution in [-0.2, 0) is 14.2 Å². The van der Waals surface area contributed by atoms with Crippen molar-refractivity contribution < 1.29 is 19.0 Å². The Morgan fingerprint density at radius 3 is 2.75 bits per heavy atom. The number of para-hydroxylation sites is 1. The fourth-order valence-electron chi connectivity index (χ4n) is 1.73. The minimum Gasteiger partial charge on any atom is -0.462 e. The molecule has 0 fully saturated rings. The highest BCUT2D eigenvalue weighted by Gasteiger charge is 2.14. The largest absolute Gasteiger partial charge is 0.462 e. The monoisotopic (exact) mass is 282 g/mol. The summed E-state index contributed by atoms with van der Waals surface area (Å²) in [6.07, 6.45) is -0.0920. The zero-order valence-electron chi connectivity index (χ0n) is 12.1. The summed E-state index contributed by atoms with van der Waals surface area (Å²) in [5.41, 5.74) is 7.39. The smallest absolute Gasteiger partial charge is 0.340 e. The molecule has 3 N–H and O–H groups in total. The molecule has 1 aromatic carbocycles. The van der Waals surface area contributed by atoms with E-state index < -0.39 is 5.97 Å². The number of benzene rings is 1. The summed E-state index contributed by atoms with van der Waals surface area (Å²) in [7, 11) is 3.23. The van der Waals surface area contributed by atoms with Gasteiger partial charge >= 0.3 is 5.97 Å². The second kappa shape index (κ2) is 8.39. The van der Waals surface area contributed by atoms with Crippen LogP contribution in [0.5, 0.6) is 0 Å². The van der Waals surface area contributed by atoms with E-state index in [0.717, 1.165) is 0 Å². The molecular weight excluding hydrogens is 260 g/mol. The van der Waals surface area contributed by atoms with Gasteiger partial charge in [-0.25, -0.2) is 4.79 Å². The highest BCUT2D eigenvalue weighted by atomic mass is 16.5. The van der Waals surface area contributed by atoms with Gasteiger partial charge in [0.05, 0.1) is 36.3 Å². The maximum Gasteiger partial charge on any atom is 0.340 e. The molecular formula is C14H22N2O4. The first-order valence-corrected chi connectivity index (χ1v) is 6.45. The summed E-state index contributed by atoms with van der Waals surface area (Å²) in [6.45, 7) is 3.07. The molecule has 0 heterocycles. The molecule has 1 rings (SSSR count). The molecule has 1 unspecified atom stereocenters. The molecule has 1 atom stereocenters. The van der Waals surface area contributed by atoms with Gasteiger partial charge in [-0.15, -0.1) is 0 Å². The highest BCUT2D eigenvalue weighted by Crippen LogP contribution is 2.23. The topological polar surface area (TPSA) is 82.8 Å². The predicted octanol–water partition coefficient (Wildman–Crippen LogP) is 1.52. The summed E-state index contributed by atoms with van der Waals surface area (Å²) < 4.78 is 15.2. The number of anilines is 2. The molecule has 0 aliphatic carbocycles. The van der Waals surface area contributed by atoms with Gasteiger partial charge in [0, 0.05) is 20.8 Å². The standard InChI is InChI=1S/C14H22N2O4/c1-4-20-14(17)11-6-5-7-12(13(11)15)16-8-10(19-3)9-18-2/h5-7,10,16H,4,8-9,15H2,1-3H3. The summed E-state index contributed by atoms with van der Waals surface area (Å²) >= 11 is 0. The lowest BCUT2D eigenvalue weighted by Gasteiger charge is -2.17. The number of ether oxygens (including phenoxy) is 3. The highest BCUT2D eigenvalue weighted by molar-refractivity contribution is 5.98. The van der Waals surface area contributed by atoms with E-state index in [-0.39, 0.29) is 6.10 Å². The zero-order chi connectivity index (χ0) is 15.0. The van der Waals surface area contributed by atoms with E-state index in [1.165, 1.54) is 0 Å². The van der Waals surface area contributed by atoms with E-state index in [1.54, 1.807) is 39.3 Å². The molecule has 6 heteroatoms. The number of nitrogens with one attached hydrogen (secondary N) is 1. The number of hydrogen-bond acceptors (Lipinski definition) is 6. The Morgan fingerprint density at radius 2 is 2.15 bits per heavy atom. The molecule has 0 aliphatic heterocycles. The third-order valence-electron chi connectivity index (χ3n) is 2.81. The molecule has 0 radical (unpaired) electrons. The average molecular weight is 282 g/mol. The van der Waals surface area contributed by atoms with Gasteiger partial charge in [-0.05, 0) is 19.1 Å². The Labute approximate surface area is 119 Å². The lowest BCUT2D eigenvalue weighted by Crippen LogP contribution is -2.27. The van der Waals surface area contributed by atoms with Gasteiger partial charge in [0.2, 0.25) is 0 Å². The van der Waals surface area contributed by atoms with Crippen LogP contribution in [0.15, 0.2) is 18.2 Å². The first-order chi connectivity index (χ1) is 9.63. The van der Waals surface area contributed by atoms with E-state index in [1.807, 2.05) is 0 Å². The van der Waals surface area contributed by atoms with Crippen LogP contribution in [0.4, 0.5) is 11.4 Å². The van der Waals surface area contributed by atoms with Gasteiger partial charge < -0.3 is 25.3 Å². The van der Waals surface area contributed by atoms with Gasteiger partial charge in [-0.2, -0.15) is 0 Å². The molecule has 112 valence electrons. The van der Waals surface area contributed by atoms with E-state index in [0.29, 0.717) is 36.7 Å². The molecule has 6 nitrogen and oxygen atoms in total. The Balaban J connectivity index is 2.76. The van der Waals surface area contributed by atoms with Gasteiger partial charge in [0.1, 0.15) is 0 Å². The van der Waals surface area contributed by atoms with Gasteiger partial charge in [0.25, 0.3) is 0 Å². The number of nitrogen functional groups attached to an aromatic ring is 1. The van der Waals surface area contributed by atoms with E-state index >= 15 is 0 Å². The Morgan fingerprint density at radius 1 is 1.40 bits per heavy atom. The number of nitrogens with two attached hydrogens (primary N) is 1. The quantitative estimate of drug-likeness (QED) is 0.555. The summed E-state index contributed by atoms with van der Waals surface area (Å²) in [6, 6.07) is 5.20. The van der Waals surface area contributed by atoms with Crippen molar-refractivity contribution in [3.8, 4) is 0 Å². The van der Waals surface area contributed by atoms with Crippen molar-refractivity contribution in [3.05, 3.63) is 23.8 Å². The second-order valence-corrected chi connectivity index (χ2v) is 4.18. The third kappa shape index (κ3) is 4.40. The average Bonchev–Trinajstić information content (AvgIpc) is 2.45. The molecule has 0 amide bonds. The van der Waals surface area contributed by atoms with E-state index in [2.05, 4.69) is 5.32 Å². The van der Waals surface area contributed by atoms with Crippen LogP contribution in [-0.4, -0.2) is 46.1 Å². The van der Waals surface area contributed by atoms with Gasteiger partial charge in [-0.1, -0.05) is 6.07 Å². The van der Waals surface area contributed by atoms with Crippen molar-refractivity contribution in [1.82, 2.24) is 0 Å². The first-order valence-electron chi connectivity index (χ1n) is 6.45. The maximum atomic E-state index is 11.7. The molecule has 0 bridgehead atoms. The van der Waals surface area contributed by atoms with Crippen molar-refractivity contribution in [3.63, 3.8) is 0 Å². The van der Waals surface area contributed by atoms with Gasteiger partial charge in [-0.3, -0.25) is 0 Å². The number of hydrogen-bond donors (Lipinski definition) is 2. The van der Waals surface area contributed by atoms with Crippen LogP contribution in [0.2, 0.25) is 0 Å². The van der Waals surface area contributed by atoms with Crippen molar-refractivity contribution >= 4 is 17.3 Å². The SMILES string of the molecule is CCOC(=O)c1cccc(NCC(COC)OC)c1N. The third-order valence-corrected chi connectivity index (χ3v) is 2.81. The van der Waals surface area contributed by atoms with E-state index in [4.69, 9.17) is 19.9 Å². The van der Waals surface area contributed by atoms with Crippen LogP contribution in [0.3, 0.4) is 0 Å². The van der Waals surface area contributed by atoms with Gasteiger partial charge in [0.15, 0.2) is 0 Å². The molecule has 20 heavy (non-hydrogen) atoms. The fourth-order valence-corrected chi connectivity index (χ4v) is 1.73. The van der Waals surface area contributed by atoms with Crippen LogP contribution in [0.25, 0.3) is 0 Å². The lowest BCUT2D eigenvalue weighted by molar-refractivity contribution is 0.0366. The van der Waals surface area contributed by atoms with Crippen LogP contribution >= 0.6 is 0 Å². The van der Waals surface area contributed by atoms with Crippen molar-refractivity contribution in [2.24, 2.45) is 0 Å². The number of methoxy groups -OCH3 is 2. The Kier molecular flexibility index (Phi) is 6.83. The Bertz CT molecular complexity index is 437. The molecule has 0 spiro atoms. The molecule has 0 aliphatic rings.